The van der Waals surface area contributed by atoms with Gasteiger partial charge in [-0.1, -0.05) is 6.92 Å². The molecule has 2 rings (SSSR count). The number of rotatable bonds is 3. The standard InChI is InChI=1S/C12H20ClN3/c1-10-3-5-16(9-12(10)13)6-4-11-7-14-15(2)8-11/h7-8,10,12H,3-6,9H2,1-2H3. The summed E-state index contributed by atoms with van der Waals surface area (Å²) in [6, 6.07) is 0. The van der Waals surface area contributed by atoms with Gasteiger partial charge in [-0.2, -0.15) is 5.10 Å². The Morgan fingerprint density at radius 3 is 3.00 bits per heavy atom. The Bertz CT molecular complexity index is 337. The minimum atomic E-state index is 0.322. The quantitative estimate of drug-likeness (QED) is 0.754. The molecule has 0 N–H and O–H groups in total. The van der Waals surface area contributed by atoms with E-state index < -0.39 is 0 Å². The lowest BCUT2D eigenvalue weighted by Gasteiger charge is -2.33. The van der Waals surface area contributed by atoms with Gasteiger partial charge < -0.3 is 4.90 Å². The Kier molecular flexibility index (Phi) is 3.87. The highest BCUT2D eigenvalue weighted by atomic mass is 35.5. The monoisotopic (exact) mass is 241 g/mol. The van der Waals surface area contributed by atoms with E-state index in [1.165, 1.54) is 18.5 Å². The number of halogens is 1. The molecule has 16 heavy (non-hydrogen) atoms. The van der Waals surface area contributed by atoms with Crippen molar-refractivity contribution in [3.63, 3.8) is 0 Å². The van der Waals surface area contributed by atoms with Crippen LogP contribution in [0.1, 0.15) is 18.9 Å². The molecule has 1 aliphatic heterocycles. The van der Waals surface area contributed by atoms with Crippen LogP contribution < -0.4 is 0 Å². The summed E-state index contributed by atoms with van der Waals surface area (Å²) in [5, 5.41) is 4.50. The number of hydrogen-bond acceptors (Lipinski definition) is 2. The van der Waals surface area contributed by atoms with Gasteiger partial charge >= 0.3 is 0 Å². The molecule has 0 aromatic carbocycles. The first-order valence-corrected chi connectivity index (χ1v) is 6.43. The molecule has 0 amide bonds. The third-order valence-electron chi connectivity index (χ3n) is 3.43. The molecule has 1 aromatic heterocycles. The zero-order chi connectivity index (χ0) is 11.5. The van der Waals surface area contributed by atoms with Gasteiger partial charge in [0.15, 0.2) is 0 Å². The Labute approximate surface area is 102 Å². The summed E-state index contributed by atoms with van der Waals surface area (Å²) in [6.07, 6.45) is 6.34. The second kappa shape index (κ2) is 5.19. The van der Waals surface area contributed by atoms with Crippen molar-refractivity contribution in [1.29, 1.82) is 0 Å². The molecule has 1 fully saturated rings. The van der Waals surface area contributed by atoms with Gasteiger partial charge in [0.25, 0.3) is 0 Å². The van der Waals surface area contributed by atoms with E-state index in [0.29, 0.717) is 11.3 Å². The van der Waals surface area contributed by atoms with E-state index in [2.05, 4.69) is 23.1 Å². The number of nitrogens with zero attached hydrogens (tertiary/aromatic N) is 3. The van der Waals surface area contributed by atoms with Gasteiger partial charge in [-0.05, 0) is 30.9 Å². The van der Waals surface area contributed by atoms with Crippen molar-refractivity contribution < 1.29 is 0 Å². The Morgan fingerprint density at radius 2 is 2.38 bits per heavy atom. The van der Waals surface area contributed by atoms with Crippen LogP contribution in [0.4, 0.5) is 0 Å². The van der Waals surface area contributed by atoms with Crippen LogP contribution in [0.15, 0.2) is 12.4 Å². The van der Waals surface area contributed by atoms with E-state index in [4.69, 9.17) is 11.6 Å². The van der Waals surface area contributed by atoms with E-state index in [1.807, 2.05) is 17.9 Å². The number of aromatic nitrogens is 2. The second-order valence-corrected chi connectivity index (χ2v) is 5.42. The van der Waals surface area contributed by atoms with Gasteiger partial charge in [-0.25, -0.2) is 0 Å². The van der Waals surface area contributed by atoms with E-state index >= 15 is 0 Å². The highest BCUT2D eigenvalue weighted by Gasteiger charge is 2.23. The van der Waals surface area contributed by atoms with Crippen molar-refractivity contribution in [2.24, 2.45) is 13.0 Å². The van der Waals surface area contributed by atoms with Crippen molar-refractivity contribution in [3.05, 3.63) is 18.0 Å². The fourth-order valence-electron chi connectivity index (χ4n) is 2.18. The molecule has 0 spiro atoms. The van der Waals surface area contributed by atoms with Gasteiger partial charge in [0.1, 0.15) is 0 Å². The largest absolute Gasteiger partial charge is 0.302 e. The van der Waals surface area contributed by atoms with Gasteiger partial charge in [-0.3, -0.25) is 4.68 Å². The minimum Gasteiger partial charge on any atom is -0.302 e. The van der Waals surface area contributed by atoms with E-state index in [1.54, 1.807) is 0 Å². The van der Waals surface area contributed by atoms with Gasteiger partial charge in [-0.15, -0.1) is 11.6 Å². The molecule has 4 heteroatoms. The Morgan fingerprint density at radius 1 is 1.56 bits per heavy atom. The molecular weight excluding hydrogens is 222 g/mol. The van der Waals surface area contributed by atoms with E-state index in [0.717, 1.165) is 19.5 Å². The minimum absolute atomic E-state index is 0.322. The molecule has 2 atom stereocenters. The van der Waals surface area contributed by atoms with Crippen molar-refractivity contribution in [1.82, 2.24) is 14.7 Å². The number of aryl methyl sites for hydroxylation is 1. The average molecular weight is 242 g/mol. The second-order valence-electron chi connectivity index (χ2n) is 4.85. The molecule has 0 bridgehead atoms. The highest BCUT2D eigenvalue weighted by Crippen LogP contribution is 2.21. The average Bonchev–Trinajstić information content (AvgIpc) is 2.66. The maximum atomic E-state index is 6.29. The fourth-order valence-corrected chi connectivity index (χ4v) is 2.50. The summed E-state index contributed by atoms with van der Waals surface area (Å²) < 4.78 is 1.86. The number of alkyl halides is 1. The Hall–Kier alpha value is -0.540. The van der Waals surface area contributed by atoms with Crippen molar-refractivity contribution in [2.45, 2.75) is 25.1 Å². The highest BCUT2D eigenvalue weighted by molar-refractivity contribution is 6.21. The van der Waals surface area contributed by atoms with Crippen LogP contribution in [0, 0.1) is 5.92 Å². The lowest BCUT2D eigenvalue weighted by Crippen LogP contribution is -2.41. The molecule has 2 heterocycles. The molecule has 90 valence electrons. The zero-order valence-electron chi connectivity index (χ0n) is 10.1. The number of piperidine rings is 1. The smallest absolute Gasteiger partial charge is 0.0522 e. The Balaban J connectivity index is 1.78. The van der Waals surface area contributed by atoms with Crippen LogP contribution in [-0.2, 0) is 13.5 Å². The summed E-state index contributed by atoms with van der Waals surface area (Å²) in [7, 11) is 1.96. The van der Waals surface area contributed by atoms with Crippen molar-refractivity contribution in [3.8, 4) is 0 Å². The molecule has 2 unspecified atom stereocenters. The maximum Gasteiger partial charge on any atom is 0.0522 e. The lowest BCUT2D eigenvalue weighted by atomic mass is 9.98. The first kappa shape index (κ1) is 11.9. The summed E-state index contributed by atoms with van der Waals surface area (Å²) in [4.78, 5) is 2.46. The summed E-state index contributed by atoms with van der Waals surface area (Å²) in [5.74, 6) is 0.663. The first-order valence-electron chi connectivity index (χ1n) is 5.99. The predicted octanol–water partition coefficient (Wildman–Crippen LogP) is 1.91. The molecule has 0 aliphatic carbocycles. The van der Waals surface area contributed by atoms with Crippen LogP contribution in [0.5, 0.6) is 0 Å². The van der Waals surface area contributed by atoms with Gasteiger partial charge in [0.05, 0.1) is 6.20 Å². The third-order valence-corrected chi connectivity index (χ3v) is 3.99. The summed E-state index contributed by atoms with van der Waals surface area (Å²) in [5.41, 5.74) is 1.31. The topological polar surface area (TPSA) is 21.1 Å². The van der Waals surface area contributed by atoms with Gasteiger partial charge in [0, 0.05) is 31.7 Å². The summed E-state index contributed by atoms with van der Waals surface area (Å²) in [6.45, 7) is 5.56. The zero-order valence-corrected chi connectivity index (χ0v) is 10.8. The molecular formula is C12H20ClN3. The molecule has 0 radical (unpaired) electrons. The van der Waals surface area contributed by atoms with Crippen molar-refractivity contribution in [2.75, 3.05) is 19.6 Å². The first-order chi connectivity index (χ1) is 7.65. The van der Waals surface area contributed by atoms with Crippen LogP contribution in [0.3, 0.4) is 0 Å². The molecule has 1 aromatic rings. The molecule has 0 saturated carbocycles. The van der Waals surface area contributed by atoms with Crippen LogP contribution in [0.25, 0.3) is 0 Å². The molecule has 1 aliphatic rings. The fraction of sp³-hybridized carbons (Fsp3) is 0.750. The SMILES string of the molecule is CC1CCN(CCc2cnn(C)c2)CC1Cl. The predicted molar refractivity (Wildman–Crippen MR) is 66.8 cm³/mol. The normalized spacial score (nSPS) is 27.2. The van der Waals surface area contributed by atoms with E-state index in [9.17, 15) is 0 Å². The summed E-state index contributed by atoms with van der Waals surface area (Å²) >= 11 is 6.29. The third kappa shape index (κ3) is 2.98. The molecule has 3 nitrogen and oxygen atoms in total. The van der Waals surface area contributed by atoms with Crippen molar-refractivity contribution >= 4 is 11.6 Å². The van der Waals surface area contributed by atoms with E-state index in [-0.39, 0.29) is 0 Å². The number of likely N-dealkylation sites (tertiary alicyclic amines) is 1. The number of hydrogen-bond donors (Lipinski definition) is 0. The van der Waals surface area contributed by atoms with Crippen LogP contribution >= 0.6 is 11.6 Å². The van der Waals surface area contributed by atoms with Gasteiger partial charge in [0.2, 0.25) is 0 Å². The van der Waals surface area contributed by atoms with Crippen LogP contribution in [0.2, 0.25) is 0 Å². The van der Waals surface area contributed by atoms with Crippen LogP contribution in [-0.4, -0.2) is 39.7 Å². The lowest BCUT2D eigenvalue weighted by molar-refractivity contribution is 0.198. The maximum absolute atomic E-state index is 6.29. The molecule has 1 saturated heterocycles.